The molecule has 2 rings (SSSR count). The SMILES string of the molecule is Cc1ccc(OCCC2CCCO2)c(CO)n1. The van der Waals surface area contributed by atoms with E-state index in [0.717, 1.165) is 31.6 Å². The molecule has 0 amide bonds. The van der Waals surface area contributed by atoms with Gasteiger partial charge in [-0.15, -0.1) is 0 Å². The fourth-order valence-electron chi connectivity index (χ4n) is 2.01. The number of pyridine rings is 1. The third kappa shape index (κ3) is 3.41. The van der Waals surface area contributed by atoms with Crippen molar-refractivity contribution in [1.29, 1.82) is 0 Å². The first kappa shape index (κ1) is 12.3. The molecule has 2 heterocycles. The van der Waals surface area contributed by atoms with Crippen LogP contribution in [0.4, 0.5) is 0 Å². The predicted octanol–water partition coefficient (Wildman–Crippen LogP) is 1.83. The standard InChI is InChI=1S/C13H19NO3/c1-10-4-5-13(12(9-15)14-10)17-8-6-11-3-2-7-16-11/h4-5,11,15H,2-3,6-9H2,1H3. The summed E-state index contributed by atoms with van der Waals surface area (Å²) >= 11 is 0. The maximum Gasteiger partial charge on any atom is 0.143 e. The first-order valence-electron chi connectivity index (χ1n) is 6.11. The molecule has 1 saturated heterocycles. The molecule has 0 saturated carbocycles. The molecule has 1 unspecified atom stereocenters. The zero-order valence-corrected chi connectivity index (χ0v) is 10.2. The lowest BCUT2D eigenvalue weighted by Gasteiger charge is -2.12. The van der Waals surface area contributed by atoms with Gasteiger partial charge in [-0.2, -0.15) is 0 Å². The zero-order chi connectivity index (χ0) is 12.1. The van der Waals surface area contributed by atoms with Gasteiger partial charge in [0.05, 0.1) is 19.3 Å². The Bertz CT molecular complexity index is 362. The Kier molecular flexibility index (Phi) is 4.34. The second-order valence-corrected chi connectivity index (χ2v) is 4.33. The summed E-state index contributed by atoms with van der Waals surface area (Å²) in [4.78, 5) is 4.24. The Labute approximate surface area is 102 Å². The minimum atomic E-state index is -0.0864. The van der Waals surface area contributed by atoms with Crippen molar-refractivity contribution in [1.82, 2.24) is 4.98 Å². The minimum Gasteiger partial charge on any atom is -0.491 e. The van der Waals surface area contributed by atoms with Crippen LogP contribution >= 0.6 is 0 Å². The van der Waals surface area contributed by atoms with Crippen LogP contribution in [0.5, 0.6) is 5.75 Å². The third-order valence-corrected chi connectivity index (χ3v) is 2.94. The molecular formula is C13H19NO3. The summed E-state index contributed by atoms with van der Waals surface area (Å²) in [5.41, 5.74) is 1.50. The Morgan fingerprint density at radius 1 is 1.53 bits per heavy atom. The number of ether oxygens (including phenoxy) is 2. The van der Waals surface area contributed by atoms with Gasteiger partial charge >= 0.3 is 0 Å². The third-order valence-electron chi connectivity index (χ3n) is 2.94. The molecule has 94 valence electrons. The van der Waals surface area contributed by atoms with Gasteiger partial charge in [-0.05, 0) is 31.9 Å². The second kappa shape index (κ2) is 5.98. The quantitative estimate of drug-likeness (QED) is 0.848. The monoisotopic (exact) mass is 237 g/mol. The fraction of sp³-hybridized carbons (Fsp3) is 0.615. The normalized spacial score (nSPS) is 19.5. The number of rotatable bonds is 5. The molecule has 1 N–H and O–H groups in total. The molecular weight excluding hydrogens is 218 g/mol. The largest absolute Gasteiger partial charge is 0.491 e. The van der Waals surface area contributed by atoms with E-state index in [2.05, 4.69) is 4.98 Å². The topological polar surface area (TPSA) is 51.6 Å². The van der Waals surface area contributed by atoms with Crippen molar-refractivity contribution in [3.63, 3.8) is 0 Å². The maximum absolute atomic E-state index is 9.19. The molecule has 1 aromatic heterocycles. The molecule has 1 fully saturated rings. The van der Waals surface area contributed by atoms with Crippen LogP contribution < -0.4 is 4.74 Å². The van der Waals surface area contributed by atoms with Crippen LogP contribution in [0.3, 0.4) is 0 Å². The number of aryl methyl sites for hydroxylation is 1. The van der Waals surface area contributed by atoms with E-state index in [0.29, 0.717) is 24.2 Å². The van der Waals surface area contributed by atoms with Crippen molar-refractivity contribution in [2.75, 3.05) is 13.2 Å². The van der Waals surface area contributed by atoms with Gasteiger partial charge in [-0.1, -0.05) is 0 Å². The molecule has 1 aliphatic rings. The molecule has 1 aromatic rings. The van der Waals surface area contributed by atoms with Gasteiger partial charge in [0, 0.05) is 18.7 Å². The van der Waals surface area contributed by atoms with Crippen molar-refractivity contribution in [3.05, 3.63) is 23.5 Å². The number of aliphatic hydroxyl groups is 1. The van der Waals surface area contributed by atoms with E-state index in [4.69, 9.17) is 9.47 Å². The maximum atomic E-state index is 9.19. The van der Waals surface area contributed by atoms with Crippen LogP contribution in [-0.2, 0) is 11.3 Å². The summed E-state index contributed by atoms with van der Waals surface area (Å²) in [6.45, 7) is 3.30. The van der Waals surface area contributed by atoms with Crippen molar-refractivity contribution >= 4 is 0 Å². The number of hydrogen-bond donors (Lipinski definition) is 1. The lowest BCUT2D eigenvalue weighted by molar-refractivity contribution is 0.0898. The van der Waals surface area contributed by atoms with Crippen molar-refractivity contribution < 1.29 is 14.6 Å². The van der Waals surface area contributed by atoms with Crippen LogP contribution in [0.2, 0.25) is 0 Å². The van der Waals surface area contributed by atoms with E-state index in [9.17, 15) is 5.11 Å². The highest BCUT2D eigenvalue weighted by Gasteiger charge is 2.15. The van der Waals surface area contributed by atoms with Gasteiger partial charge in [-0.25, -0.2) is 0 Å². The molecule has 0 radical (unpaired) electrons. The van der Waals surface area contributed by atoms with E-state index in [1.165, 1.54) is 0 Å². The number of aromatic nitrogens is 1. The summed E-state index contributed by atoms with van der Waals surface area (Å²) < 4.78 is 11.2. The molecule has 4 heteroatoms. The lowest BCUT2D eigenvalue weighted by atomic mass is 10.2. The summed E-state index contributed by atoms with van der Waals surface area (Å²) in [7, 11) is 0. The van der Waals surface area contributed by atoms with E-state index in [-0.39, 0.29) is 6.61 Å². The highest BCUT2D eigenvalue weighted by atomic mass is 16.5. The van der Waals surface area contributed by atoms with Crippen molar-refractivity contribution in [2.45, 2.75) is 38.9 Å². The Hall–Kier alpha value is -1.13. The Balaban J connectivity index is 1.85. The highest BCUT2D eigenvalue weighted by Crippen LogP contribution is 2.19. The molecule has 0 aromatic carbocycles. The Morgan fingerprint density at radius 3 is 3.12 bits per heavy atom. The van der Waals surface area contributed by atoms with Gasteiger partial charge in [0.1, 0.15) is 11.4 Å². The molecule has 1 atom stereocenters. The van der Waals surface area contributed by atoms with Gasteiger partial charge < -0.3 is 14.6 Å². The summed E-state index contributed by atoms with van der Waals surface area (Å²) in [6.07, 6.45) is 3.52. The Morgan fingerprint density at radius 2 is 2.41 bits per heavy atom. The van der Waals surface area contributed by atoms with Gasteiger partial charge in [0.2, 0.25) is 0 Å². The van der Waals surface area contributed by atoms with Crippen LogP contribution in [0.25, 0.3) is 0 Å². The van der Waals surface area contributed by atoms with Crippen LogP contribution in [0.1, 0.15) is 30.7 Å². The van der Waals surface area contributed by atoms with Gasteiger partial charge in [-0.3, -0.25) is 4.98 Å². The molecule has 1 aliphatic heterocycles. The van der Waals surface area contributed by atoms with Gasteiger partial charge in [0.25, 0.3) is 0 Å². The van der Waals surface area contributed by atoms with Crippen LogP contribution in [0, 0.1) is 6.92 Å². The molecule has 17 heavy (non-hydrogen) atoms. The average molecular weight is 237 g/mol. The first-order chi connectivity index (χ1) is 8.29. The smallest absolute Gasteiger partial charge is 0.143 e. The van der Waals surface area contributed by atoms with E-state index in [1.54, 1.807) is 0 Å². The molecule has 0 spiro atoms. The first-order valence-corrected chi connectivity index (χ1v) is 6.11. The minimum absolute atomic E-state index is 0.0864. The second-order valence-electron chi connectivity index (χ2n) is 4.33. The van der Waals surface area contributed by atoms with Gasteiger partial charge in [0.15, 0.2) is 0 Å². The predicted molar refractivity (Wildman–Crippen MR) is 64.0 cm³/mol. The van der Waals surface area contributed by atoms with Crippen LogP contribution in [-0.4, -0.2) is 29.4 Å². The van der Waals surface area contributed by atoms with E-state index in [1.807, 2.05) is 19.1 Å². The average Bonchev–Trinajstić information content (AvgIpc) is 2.84. The number of aliphatic hydroxyl groups excluding tert-OH is 1. The van der Waals surface area contributed by atoms with E-state index >= 15 is 0 Å². The van der Waals surface area contributed by atoms with Crippen molar-refractivity contribution in [2.24, 2.45) is 0 Å². The lowest BCUT2D eigenvalue weighted by Crippen LogP contribution is -2.11. The summed E-state index contributed by atoms with van der Waals surface area (Å²) in [5, 5.41) is 9.19. The van der Waals surface area contributed by atoms with Crippen molar-refractivity contribution in [3.8, 4) is 5.75 Å². The van der Waals surface area contributed by atoms with E-state index < -0.39 is 0 Å². The zero-order valence-electron chi connectivity index (χ0n) is 10.2. The molecule has 0 aliphatic carbocycles. The summed E-state index contributed by atoms with van der Waals surface area (Å²) in [5.74, 6) is 0.677. The molecule has 0 bridgehead atoms. The number of nitrogens with zero attached hydrogens (tertiary/aromatic N) is 1. The number of hydrogen-bond acceptors (Lipinski definition) is 4. The highest BCUT2D eigenvalue weighted by molar-refractivity contribution is 5.28. The fourth-order valence-corrected chi connectivity index (χ4v) is 2.01. The molecule has 4 nitrogen and oxygen atoms in total. The summed E-state index contributed by atoms with van der Waals surface area (Å²) in [6, 6.07) is 3.75. The van der Waals surface area contributed by atoms with Crippen LogP contribution in [0.15, 0.2) is 12.1 Å².